The first kappa shape index (κ1) is 13.6. The summed E-state index contributed by atoms with van der Waals surface area (Å²) in [6.07, 6.45) is 3.73. The Morgan fingerprint density at radius 1 is 0.800 bits per heavy atom. The van der Waals surface area contributed by atoms with Gasteiger partial charge in [0.25, 0.3) is 0 Å². The van der Waals surface area contributed by atoms with Crippen molar-refractivity contribution in [3.05, 3.63) is 65.2 Å². The van der Waals surface area contributed by atoms with Crippen molar-refractivity contribution in [3.63, 3.8) is 0 Å². The predicted octanol–water partition coefficient (Wildman–Crippen LogP) is 3.08. The fourth-order valence-corrected chi connectivity index (χ4v) is 2.03. The second-order valence-corrected chi connectivity index (χ2v) is 4.18. The molecule has 2 rings (SSSR count). The molecule has 0 spiro atoms. The van der Waals surface area contributed by atoms with Gasteiger partial charge >= 0.3 is 0 Å². The highest BCUT2D eigenvalue weighted by Crippen LogP contribution is 2.23. The Morgan fingerprint density at radius 2 is 1.45 bits per heavy atom. The second-order valence-electron chi connectivity index (χ2n) is 4.18. The molecule has 0 fully saturated rings. The van der Waals surface area contributed by atoms with Crippen molar-refractivity contribution in [2.24, 2.45) is 9.98 Å². The second kappa shape index (κ2) is 6.95. The number of benzene rings is 2. The van der Waals surface area contributed by atoms with E-state index in [9.17, 15) is 9.59 Å². The predicted molar refractivity (Wildman–Crippen MR) is 75.3 cm³/mol. The average molecular weight is 264 g/mol. The Balaban J connectivity index is 2.35. The summed E-state index contributed by atoms with van der Waals surface area (Å²) in [6, 6.07) is 15.1. The van der Waals surface area contributed by atoms with E-state index in [0.717, 1.165) is 16.7 Å². The van der Waals surface area contributed by atoms with E-state index in [1.165, 1.54) is 0 Å². The van der Waals surface area contributed by atoms with Crippen LogP contribution in [0.5, 0.6) is 0 Å². The maximum absolute atomic E-state index is 10.4. The van der Waals surface area contributed by atoms with Crippen LogP contribution in [-0.4, -0.2) is 12.2 Å². The molecule has 0 bridgehead atoms. The third-order valence-electron chi connectivity index (χ3n) is 2.97. The molecule has 0 atom stereocenters. The molecule has 2 aromatic rings. The van der Waals surface area contributed by atoms with Gasteiger partial charge in [0.1, 0.15) is 0 Å². The molecular formula is C16H12N2O2. The average Bonchev–Trinajstić information content (AvgIpc) is 2.49. The van der Waals surface area contributed by atoms with E-state index >= 15 is 0 Å². The van der Waals surface area contributed by atoms with Gasteiger partial charge in [0.05, 0.1) is 12.2 Å². The van der Waals surface area contributed by atoms with Crippen LogP contribution in [0.1, 0.15) is 16.7 Å². The lowest BCUT2D eigenvalue weighted by Gasteiger charge is -2.08. The molecule has 0 unspecified atom stereocenters. The van der Waals surface area contributed by atoms with E-state index in [1.54, 1.807) is 18.2 Å². The Hall–Kier alpha value is -2.80. The van der Waals surface area contributed by atoms with Gasteiger partial charge in [-0.1, -0.05) is 42.5 Å². The molecule has 20 heavy (non-hydrogen) atoms. The molecule has 2 aromatic carbocycles. The van der Waals surface area contributed by atoms with Crippen LogP contribution >= 0.6 is 0 Å². The fraction of sp³-hybridized carbons (Fsp3) is 0.125. The van der Waals surface area contributed by atoms with Crippen LogP contribution < -0.4 is 0 Å². The summed E-state index contributed by atoms with van der Waals surface area (Å²) in [5.74, 6) is 0. The minimum atomic E-state index is 0.304. The maximum Gasteiger partial charge on any atom is 0.240 e. The van der Waals surface area contributed by atoms with Crippen molar-refractivity contribution in [1.82, 2.24) is 0 Å². The van der Waals surface area contributed by atoms with Crippen LogP contribution in [-0.2, 0) is 22.6 Å². The lowest BCUT2D eigenvalue weighted by Crippen LogP contribution is -1.95. The van der Waals surface area contributed by atoms with Gasteiger partial charge in [-0.25, -0.2) is 14.6 Å². The number of rotatable bonds is 5. The lowest BCUT2D eigenvalue weighted by atomic mass is 9.99. The number of isocyanates is 2. The summed E-state index contributed by atoms with van der Waals surface area (Å²) in [5.41, 5.74) is 3.54. The normalized spacial score (nSPS) is 9.40. The molecule has 0 aliphatic rings. The highest BCUT2D eigenvalue weighted by Gasteiger charge is 2.06. The van der Waals surface area contributed by atoms with Gasteiger partial charge in [-0.2, -0.15) is 4.99 Å². The van der Waals surface area contributed by atoms with Crippen LogP contribution in [0.15, 0.2) is 58.5 Å². The third kappa shape index (κ3) is 3.36. The van der Waals surface area contributed by atoms with Gasteiger partial charge in [0.15, 0.2) is 0 Å². The largest absolute Gasteiger partial charge is 0.240 e. The van der Waals surface area contributed by atoms with Crippen molar-refractivity contribution in [2.75, 3.05) is 0 Å². The summed E-state index contributed by atoms with van der Waals surface area (Å²) >= 11 is 0. The molecule has 0 heterocycles. The standard InChI is InChI=1S/C16H12N2O2/c19-11-17-10-15-7-2-1-5-13(15)9-14-6-3-4-8-16(14)18-12-20/h1-8H,9-10H2. The van der Waals surface area contributed by atoms with E-state index in [2.05, 4.69) is 9.98 Å². The van der Waals surface area contributed by atoms with Gasteiger partial charge < -0.3 is 0 Å². The van der Waals surface area contributed by atoms with Crippen molar-refractivity contribution >= 4 is 17.8 Å². The van der Waals surface area contributed by atoms with Crippen LogP contribution in [0.25, 0.3) is 0 Å². The Labute approximate surface area is 116 Å². The molecule has 0 N–H and O–H groups in total. The monoisotopic (exact) mass is 264 g/mol. The molecule has 0 saturated heterocycles. The van der Waals surface area contributed by atoms with Crippen LogP contribution in [0.4, 0.5) is 5.69 Å². The molecular weight excluding hydrogens is 252 g/mol. The van der Waals surface area contributed by atoms with Crippen LogP contribution in [0.2, 0.25) is 0 Å². The minimum absolute atomic E-state index is 0.304. The Morgan fingerprint density at radius 3 is 2.15 bits per heavy atom. The highest BCUT2D eigenvalue weighted by molar-refractivity contribution is 5.55. The zero-order chi connectivity index (χ0) is 14.2. The quantitative estimate of drug-likeness (QED) is 0.615. The zero-order valence-electron chi connectivity index (χ0n) is 10.7. The molecule has 4 nitrogen and oxygen atoms in total. The van der Waals surface area contributed by atoms with Gasteiger partial charge in [0, 0.05) is 0 Å². The van der Waals surface area contributed by atoms with E-state index in [1.807, 2.05) is 42.5 Å². The van der Waals surface area contributed by atoms with Gasteiger partial charge in [-0.15, -0.1) is 0 Å². The Bertz CT molecular complexity index is 697. The highest BCUT2D eigenvalue weighted by atomic mass is 16.1. The summed E-state index contributed by atoms with van der Waals surface area (Å²) < 4.78 is 0. The minimum Gasteiger partial charge on any atom is -0.211 e. The number of hydrogen-bond acceptors (Lipinski definition) is 4. The number of nitrogens with zero attached hydrogens (tertiary/aromatic N) is 2. The fourth-order valence-electron chi connectivity index (χ4n) is 2.03. The molecule has 0 saturated carbocycles. The zero-order valence-corrected chi connectivity index (χ0v) is 10.7. The van der Waals surface area contributed by atoms with Crippen molar-refractivity contribution in [2.45, 2.75) is 13.0 Å². The van der Waals surface area contributed by atoms with Crippen molar-refractivity contribution in [3.8, 4) is 0 Å². The molecule has 4 heteroatoms. The van der Waals surface area contributed by atoms with Crippen molar-refractivity contribution < 1.29 is 9.59 Å². The maximum atomic E-state index is 10.4. The number of para-hydroxylation sites is 1. The van der Waals surface area contributed by atoms with Gasteiger partial charge in [-0.05, 0) is 29.2 Å². The molecule has 0 amide bonds. The van der Waals surface area contributed by atoms with Gasteiger partial charge in [0.2, 0.25) is 12.2 Å². The van der Waals surface area contributed by atoms with E-state index in [4.69, 9.17) is 0 Å². The summed E-state index contributed by atoms with van der Waals surface area (Å²) in [4.78, 5) is 28.0. The van der Waals surface area contributed by atoms with Crippen LogP contribution in [0.3, 0.4) is 0 Å². The summed E-state index contributed by atoms with van der Waals surface area (Å²) in [7, 11) is 0. The number of aliphatic imine (C=N–C) groups is 2. The number of carbonyl (C=O) groups excluding carboxylic acids is 2. The molecule has 0 radical (unpaired) electrons. The smallest absolute Gasteiger partial charge is 0.211 e. The summed E-state index contributed by atoms with van der Waals surface area (Å²) in [6.45, 7) is 0.304. The SMILES string of the molecule is O=C=NCc1ccccc1Cc1ccccc1N=C=O. The first-order valence-corrected chi connectivity index (χ1v) is 6.11. The number of hydrogen-bond donors (Lipinski definition) is 0. The first-order chi connectivity index (χ1) is 9.85. The lowest BCUT2D eigenvalue weighted by molar-refractivity contribution is 0.562. The topological polar surface area (TPSA) is 58.9 Å². The molecule has 0 aromatic heterocycles. The first-order valence-electron chi connectivity index (χ1n) is 6.11. The molecule has 0 aliphatic heterocycles. The van der Waals surface area contributed by atoms with Crippen LogP contribution in [0, 0.1) is 0 Å². The molecule has 0 aliphatic carbocycles. The third-order valence-corrected chi connectivity index (χ3v) is 2.97. The van der Waals surface area contributed by atoms with E-state index in [-0.39, 0.29) is 0 Å². The molecule has 98 valence electrons. The van der Waals surface area contributed by atoms with E-state index in [0.29, 0.717) is 18.7 Å². The summed E-state index contributed by atoms with van der Waals surface area (Å²) in [5, 5.41) is 0. The van der Waals surface area contributed by atoms with Crippen molar-refractivity contribution in [1.29, 1.82) is 0 Å². The Kier molecular flexibility index (Phi) is 4.74. The van der Waals surface area contributed by atoms with E-state index < -0.39 is 0 Å². The van der Waals surface area contributed by atoms with Gasteiger partial charge in [-0.3, -0.25) is 0 Å².